The molecule has 0 spiro atoms. The minimum Gasteiger partial charge on any atom is -0.435 e. The molecule has 1 amide bonds. The van der Waals surface area contributed by atoms with Crippen molar-refractivity contribution >= 4 is 21.8 Å². The van der Waals surface area contributed by atoms with Gasteiger partial charge in [-0.25, -0.2) is 0 Å². The fourth-order valence-corrected chi connectivity index (χ4v) is 3.08. The smallest absolute Gasteiger partial charge is 0.387 e. The third-order valence-electron chi connectivity index (χ3n) is 3.68. The molecular weight excluding hydrogens is 344 g/mol. The maximum atomic E-state index is 12.6. The van der Waals surface area contributed by atoms with Crippen molar-refractivity contribution in [2.75, 3.05) is 11.9 Å². The summed E-state index contributed by atoms with van der Waals surface area (Å²) < 4.78 is 28.5. The summed E-state index contributed by atoms with van der Waals surface area (Å²) in [6, 6.07) is 6.17. The van der Waals surface area contributed by atoms with Crippen molar-refractivity contribution in [3.8, 4) is 5.75 Å². The lowest BCUT2D eigenvalue weighted by Gasteiger charge is -2.28. The largest absolute Gasteiger partial charge is 0.435 e. The molecule has 1 aliphatic carbocycles. The lowest BCUT2D eigenvalue weighted by molar-refractivity contribution is -0.0498. The van der Waals surface area contributed by atoms with Crippen molar-refractivity contribution in [3.05, 3.63) is 29.8 Å². The molecular formula is C15H18BrF2NO2. The van der Waals surface area contributed by atoms with Gasteiger partial charge in [-0.05, 0) is 37.1 Å². The highest BCUT2D eigenvalue weighted by molar-refractivity contribution is 9.09. The third-order valence-corrected chi connectivity index (χ3v) is 4.03. The summed E-state index contributed by atoms with van der Waals surface area (Å²) in [5, 5.41) is 0.724. The number of benzene rings is 1. The van der Waals surface area contributed by atoms with Crippen LogP contribution in [0.1, 0.15) is 36.0 Å². The molecule has 0 heterocycles. The molecule has 0 unspecified atom stereocenters. The first-order chi connectivity index (χ1) is 10.1. The van der Waals surface area contributed by atoms with Crippen LogP contribution in [0.5, 0.6) is 5.75 Å². The minimum atomic E-state index is -2.85. The molecule has 0 N–H and O–H groups in total. The molecule has 2 rings (SSSR count). The summed E-state index contributed by atoms with van der Waals surface area (Å²) in [5.41, 5.74) is 0.504. The van der Waals surface area contributed by atoms with E-state index in [4.69, 9.17) is 0 Å². The van der Waals surface area contributed by atoms with E-state index in [1.165, 1.54) is 24.3 Å². The zero-order valence-electron chi connectivity index (χ0n) is 11.6. The number of nitrogens with zero attached hydrogens (tertiary/aromatic N) is 1. The van der Waals surface area contributed by atoms with Crippen LogP contribution in [-0.2, 0) is 0 Å². The molecule has 1 fully saturated rings. The summed E-state index contributed by atoms with van der Waals surface area (Å²) >= 11 is 3.38. The van der Waals surface area contributed by atoms with Gasteiger partial charge in [0.25, 0.3) is 5.91 Å². The van der Waals surface area contributed by atoms with Crippen molar-refractivity contribution < 1.29 is 18.3 Å². The summed E-state index contributed by atoms with van der Waals surface area (Å²) in [7, 11) is 0. The highest BCUT2D eigenvalue weighted by atomic mass is 79.9. The number of amides is 1. The average Bonchev–Trinajstić information content (AvgIpc) is 2.98. The van der Waals surface area contributed by atoms with Crippen molar-refractivity contribution in [3.63, 3.8) is 0 Å². The van der Waals surface area contributed by atoms with Gasteiger partial charge in [-0.1, -0.05) is 28.8 Å². The van der Waals surface area contributed by atoms with Crippen LogP contribution in [0.4, 0.5) is 8.78 Å². The van der Waals surface area contributed by atoms with E-state index in [1.54, 1.807) is 0 Å². The number of alkyl halides is 3. The molecule has 0 saturated heterocycles. The molecule has 0 bridgehead atoms. The zero-order chi connectivity index (χ0) is 15.2. The average molecular weight is 362 g/mol. The Morgan fingerprint density at radius 3 is 2.43 bits per heavy atom. The van der Waals surface area contributed by atoms with Gasteiger partial charge in [-0.2, -0.15) is 8.78 Å². The normalized spacial score (nSPS) is 15.4. The van der Waals surface area contributed by atoms with Gasteiger partial charge in [-0.15, -0.1) is 0 Å². The summed E-state index contributed by atoms with van der Waals surface area (Å²) in [6.45, 7) is -2.20. The van der Waals surface area contributed by atoms with Gasteiger partial charge in [0.2, 0.25) is 0 Å². The van der Waals surface area contributed by atoms with Crippen LogP contribution in [0, 0.1) is 0 Å². The van der Waals surface area contributed by atoms with E-state index in [1.807, 2.05) is 4.90 Å². The first-order valence-electron chi connectivity index (χ1n) is 7.03. The first-order valence-corrected chi connectivity index (χ1v) is 8.16. The van der Waals surface area contributed by atoms with Crippen LogP contribution in [-0.4, -0.2) is 35.3 Å². The Hall–Kier alpha value is -1.17. The number of carbonyl (C=O) groups is 1. The summed E-state index contributed by atoms with van der Waals surface area (Å²) in [6.07, 6.45) is 4.37. The van der Waals surface area contributed by atoms with Gasteiger partial charge in [0.1, 0.15) is 5.75 Å². The highest BCUT2D eigenvalue weighted by Gasteiger charge is 2.26. The Labute approximate surface area is 131 Å². The zero-order valence-corrected chi connectivity index (χ0v) is 13.2. The number of hydrogen-bond acceptors (Lipinski definition) is 2. The molecule has 116 valence electrons. The van der Waals surface area contributed by atoms with Gasteiger partial charge >= 0.3 is 6.61 Å². The SMILES string of the molecule is O=C(c1ccc(OC(F)F)cc1)N(CCBr)C1CCCC1. The van der Waals surface area contributed by atoms with Crippen LogP contribution >= 0.6 is 15.9 Å². The predicted molar refractivity (Wildman–Crippen MR) is 80.2 cm³/mol. The van der Waals surface area contributed by atoms with E-state index >= 15 is 0 Å². The lowest BCUT2D eigenvalue weighted by Crippen LogP contribution is -2.40. The maximum Gasteiger partial charge on any atom is 0.387 e. The number of halogens is 3. The number of carbonyl (C=O) groups excluding carboxylic acids is 1. The Morgan fingerprint density at radius 2 is 1.90 bits per heavy atom. The van der Waals surface area contributed by atoms with E-state index < -0.39 is 6.61 Å². The van der Waals surface area contributed by atoms with E-state index in [0.29, 0.717) is 12.1 Å². The number of ether oxygens (including phenoxy) is 1. The number of hydrogen-bond donors (Lipinski definition) is 0. The van der Waals surface area contributed by atoms with Crippen LogP contribution in [0.25, 0.3) is 0 Å². The van der Waals surface area contributed by atoms with E-state index in [9.17, 15) is 13.6 Å². The fraction of sp³-hybridized carbons (Fsp3) is 0.533. The molecule has 0 aliphatic heterocycles. The van der Waals surface area contributed by atoms with Gasteiger partial charge < -0.3 is 9.64 Å². The predicted octanol–water partition coefficient (Wildman–Crippen LogP) is 4.07. The highest BCUT2D eigenvalue weighted by Crippen LogP contribution is 2.25. The second-order valence-corrected chi connectivity index (χ2v) is 5.82. The Morgan fingerprint density at radius 1 is 1.29 bits per heavy atom. The van der Waals surface area contributed by atoms with Crippen LogP contribution in [0.2, 0.25) is 0 Å². The Bertz CT molecular complexity index is 461. The topological polar surface area (TPSA) is 29.5 Å². The van der Waals surface area contributed by atoms with Crippen LogP contribution in [0.15, 0.2) is 24.3 Å². The standard InChI is InChI=1S/C15H18BrF2NO2/c16-9-10-19(12-3-1-2-4-12)14(20)11-5-7-13(8-6-11)21-15(17)18/h5-8,12,15H,1-4,9-10H2. The lowest BCUT2D eigenvalue weighted by atomic mass is 10.1. The molecule has 6 heteroatoms. The van der Waals surface area contributed by atoms with Gasteiger partial charge in [0.05, 0.1) is 0 Å². The van der Waals surface area contributed by atoms with Gasteiger partial charge in [0, 0.05) is 23.5 Å². The number of rotatable bonds is 6. The molecule has 21 heavy (non-hydrogen) atoms. The van der Waals surface area contributed by atoms with Crippen LogP contribution < -0.4 is 4.74 Å². The van der Waals surface area contributed by atoms with E-state index in [0.717, 1.165) is 31.0 Å². The molecule has 1 saturated carbocycles. The monoisotopic (exact) mass is 361 g/mol. The van der Waals surface area contributed by atoms with Crippen molar-refractivity contribution in [1.82, 2.24) is 4.90 Å². The minimum absolute atomic E-state index is 0.0510. The second kappa shape index (κ2) is 7.73. The third kappa shape index (κ3) is 4.40. The van der Waals surface area contributed by atoms with Crippen molar-refractivity contribution in [2.24, 2.45) is 0 Å². The molecule has 1 aromatic rings. The summed E-state index contributed by atoms with van der Waals surface area (Å²) in [5.74, 6) is 0.0133. The maximum absolute atomic E-state index is 12.6. The van der Waals surface area contributed by atoms with Gasteiger partial charge in [-0.3, -0.25) is 4.79 Å². The van der Waals surface area contributed by atoms with E-state index in [2.05, 4.69) is 20.7 Å². The molecule has 3 nitrogen and oxygen atoms in total. The molecule has 0 radical (unpaired) electrons. The van der Waals surface area contributed by atoms with E-state index in [-0.39, 0.29) is 17.7 Å². The second-order valence-electron chi connectivity index (χ2n) is 5.03. The fourth-order valence-electron chi connectivity index (χ4n) is 2.70. The quantitative estimate of drug-likeness (QED) is 0.714. The molecule has 0 atom stereocenters. The molecule has 0 aromatic heterocycles. The first kappa shape index (κ1) is 16.2. The Balaban J connectivity index is 2.08. The Kier molecular flexibility index (Phi) is 5.96. The van der Waals surface area contributed by atoms with Crippen molar-refractivity contribution in [1.29, 1.82) is 0 Å². The van der Waals surface area contributed by atoms with Crippen LogP contribution in [0.3, 0.4) is 0 Å². The van der Waals surface area contributed by atoms with Gasteiger partial charge in [0.15, 0.2) is 0 Å². The molecule has 1 aromatic carbocycles. The molecule has 1 aliphatic rings. The van der Waals surface area contributed by atoms with Crippen molar-refractivity contribution in [2.45, 2.75) is 38.3 Å². The summed E-state index contributed by atoms with van der Waals surface area (Å²) in [4.78, 5) is 14.5.